The summed E-state index contributed by atoms with van der Waals surface area (Å²) in [6.45, 7) is 4.14. The van der Waals surface area contributed by atoms with Crippen molar-refractivity contribution in [2.45, 2.75) is 13.0 Å². The van der Waals surface area contributed by atoms with E-state index < -0.39 is 0 Å². The highest BCUT2D eigenvalue weighted by atomic mass is 16.3. The maximum absolute atomic E-state index is 12.6. The van der Waals surface area contributed by atoms with Gasteiger partial charge in [-0.1, -0.05) is 18.2 Å². The number of benzene rings is 1. The van der Waals surface area contributed by atoms with Crippen molar-refractivity contribution in [3.8, 4) is 11.5 Å². The van der Waals surface area contributed by atoms with Gasteiger partial charge in [-0.3, -0.25) is 14.7 Å². The van der Waals surface area contributed by atoms with Gasteiger partial charge in [-0.25, -0.2) is 4.98 Å². The molecule has 1 saturated heterocycles. The molecule has 0 spiro atoms. The molecule has 1 aliphatic heterocycles. The molecular formula is C21H22N4O2. The number of rotatable bonds is 5. The number of piperazine rings is 1. The highest BCUT2D eigenvalue weighted by molar-refractivity contribution is 5.78. The fourth-order valence-corrected chi connectivity index (χ4v) is 3.27. The third-order valence-corrected chi connectivity index (χ3v) is 4.79. The predicted octanol–water partition coefficient (Wildman–Crippen LogP) is 2.62. The average molecular weight is 362 g/mol. The first kappa shape index (κ1) is 17.4. The summed E-state index contributed by atoms with van der Waals surface area (Å²) in [6.07, 6.45) is 5.49. The van der Waals surface area contributed by atoms with Gasteiger partial charge >= 0.3 is 0 Å². The smallest absolute Gasteiger partial charge is 0.228 e. The van der Waals surface area contributed by atoms with Crippen molar-refractivity contribution in [3.63, 3.8) is 0 Å². The number of carbonyl (C=O) groups is 1. The van der Waals surface area contributed by atoms with Crippen molar-refractivity contribution in [1.29, 1.82) is 0 Å². The number of hydrogen-bond donors (Lipinski definition) is 0. The lowest BCUT2D eigenvalue weighted by Crippen LogP contribution is -2.48. The number of amides is 1. The van der Waals surface area contributed by atoms with Gasteiger partial charge < -0.3 is 9.32 Å². The van der Waals surface area contributed by atoms with Gasteiger partial charge in [0.1, 0.15) is 6.26 Å². The number of hydrogen-bond acceptors (Lipinski definition) is 5. The molecule has 27 heavy (non-hydrogen) atoms. The summed E-state index contributed by atoms with van der Waals surface area (Å²) in [7, 11) is 0. The third-order valence-electron chi connectivity index (χ3n) is 4.79. The van der Waals surface area contributed by atoms with Gasteiger partial charge in [0.05, 0.1) is 12.1 Å². The molecular weight excluding hydrogens is 340 g/mol. The van der Waals surface area contributed by atoms with Crippen molar-refractivity contribution in [2.24, 2.45) is 0 Å². The van der Waals surface area contributed by atoms with E-state index in [0.717, 1.165) is 38.3 Å². The quantitative estimate of drug-likeness (QED) is 0.698. The SMILES string of the molecule is O=C(Cc1coc(-c2ccccc2)n1)N1CCN(Cc2ccncc2)CC1. The molecule has 1 aromatic carbocycles. The molecule has 0 bridgehead atoms. The van der Waals surface area contributed by atoms with Gasteiger partial charge in [-0.05, 0) is 29.8 Å². The van der Waals surface area contributed by atoms with Crippen LogP contribution in [0, 0.1) is 0 Å². The second-order valence-electron chi connectivity index (χ2n) is 6.70. The van der Waals surface area contributed by atoms with E-state index in [2.05, 4.69) is 14.9 Å². The molecule has 4 rings (SSSR count). The van der Waals surface area contributed by atoms with Gasteiger partial charge in [-0.15, -0.1) is 0 Å². The van der Waals surface area contributed by atoms with Gasteiger partial charge in [0.2, 0.25) is 11.8 Å². The zero-order chi connectivity index (χ0) is 18.5. The fourth-order valence-electron chi connectivity index (χ4n) is 3.27. The van der Waals surface area contributed by atoms with Crippen molar-refractivity contribution in [2.75, 3.05) is 26.2 Å². The molecule has 1 fully saturated rings. The van der Waals surface area contributed by atoms with Crippen LogP contribution in [0.1, 0.15) is 11.3 Å². The monoisotopic (exact) mass is 362 g/mol. The summed E-state index contributed by atoms with van der Waals surface area (Å²) < 4.78 is 5.53. The number of nitrogens with zero attached hydrogens (tertiary/aromatic N) is 4. The Morgan fingerprint density at radius 3 is 2.48 bits per heavy atom. The minimum atomic E-state index is 0.103. The number of oxazole rings is 1. The van der Waals surface area contributed by atoms with Crippen LogP contribution in [0.2, 0.25) is 0 Å². The van der Waals surface area contributed by atoms with Crippen LogP contribution in [0.25, 0.3) is 11.5 Å². The highest BCUT2D eigenvalue weighted by Crippen LogP contribution is 2.18. The molecule has 138 valence electrons. The molecule has 3 heterocycles. The molecule has 0 unspecified atom stereocenters. The molecule has 6 heteroatoms. The largest absolute Gasteiger partial charge is 0.444 e. The maximum Gasteiger partial charge on any atom is 0.228 e. The van der Waals surface area contributed by atoms with Crippen LogP contribution >= 0.6 is 0 Å². The lowest BCUT2D eigenvalue weighted by molar-refractivity contribution is -0.132. The standard InChI is InChI=1S/C21H22N4O2/c26-20(14-19-16-27-21(23-19)18-4-2-1-3-5-18)25-12-10-24(11-13-25)15-17-6-8-22-9-7-17/h1-9,16H,10-15H2. The molecule has 0 atom stereocenters. The van der Waals surface area contributed by atoms with Gasteiger partial charge in [-0.2, -0.15) is 0 Å². The summed E-state index contributed by atoms with van der Waals surface area (Å²) in [6, 6.07) is 13.8. The molecule has 1 aliphatic rings. The van der Waals surface area contributed by atoms with Crippen molar-refractivity contribution in [3.05, 3.63) is 72.4 Å². The molecule has 0 radical (unpaired) electrons. The second-order valence-corrected chi connectivity index (χ2v) is 6.70. The van der Waals surface area contributed by atoms with E-state index in [4.69, 9.17) is 4.42 Å². The Morgan fingerprint density at radius 1 is 1.00 bits per heavy atom. The summed E-state index contributed by atoms with van der Waals surface area (Å²) >= 11 is 0. The van der Waals surface area contributed by atoms with Gasteiger partial charge in [0, 0.05) is 50.7 Å². The van der Waals surface area contributed by atoms with Crippen molar-refractivity contribution >= 4 is 5.91 Å². The lowest BCUT2D eigenvalue weighted by Gasteiger charge is -2.34. The topological polar surface area (TPSA) is 62.5 Å². The molecule has 3 aromatic rings. The molecule has 0 N–H and O–H groups in total. The van der Waals surface area contributed by atoms with Crippen LogP contribution < -0.4 is 0 Å². The van der Waals surface area contributed by atoms with Crippen LogP contribution in [0.5, 0.6) is 0 Å². The third kappa shape index (κ3) is 4.41. The molecule has 0 saturated carbocycles. The Morgan fingerprint density at radius 2 is 1.74 bits per heavy atom. The van der Waals surface area contributed by atoms with Crippen molar-refractivity contribution < 1.29 is 9.21 Å². The Kier molecular flexibility index (Phi) is 5.25. The first-order valence-electron chi connectivity index (χ1n) is 9.17. The molecule has 1 amide bonds. The van der Waals surface area contributed by atoms with E-state index in [1.807, 2.05) is 59.8 Å². The second kappa shape index (κ2) is 8.14. The maximum atomic E-state index is 12.6. The zero-order valence-corrected chi connectivity index (χ0v) is 15.1. The molecule has 6 nitrogen and oxygen atoms in total. The predicted molar refractivity (Wildman–Crippen MR) is 102 cm³/mol. The van der Waals surface area contributed by atoms with Crippen LogP contribution in [-0.2, 0) is 17.8 Å². The Balaban J connectivity index is 1.29. The Bertz CT molecular complexity index is 871. The number of carbonyl (C=O) groups excluding carboxylic acids is 1. The van der Waals surface area contributed by atoms with Crippen molar-refractivity contribution in [1.82, 2.24) is 19.8 Å². The van der Waals surface area contributed by atoms with Crippen LogP contribution in [-0.4, -0.2) is 51.9 Å². The highest BCUT2D eigenvalue weighted by Gasteiger charge is 2.22. The van der Waals surface area contributed by atoms with Crippen LogP contribution in [0.15, 0.2) is 65.5 Å². The average Bonchev–Trinajstić information content (AvgIpc) is 3.18. The minimum absolute atomic E-state index is 0.103. The zero-order valence-electron chi connectivity index (χ0n) is 15.1. The molecule has 0 aliphatic carbocycles. The summed E-state index contributed by atoms with van der Waals surface area (Å²) in [4.78, 5) is 25.4. The first-order chi connectivity index (χ1) is 13.3. The number of pyridine rings is 1. The van der Waals surface area contributed by atoms with E-state index in [9.17, 15) is 4.79 Å². The Hall–Kier alpha value is -2.99. The first-order valence-corrected chi connectivity index (χ1v) is 9.17. The minimum Gasteiger partial charge on any atom is -0.444 e. The summed E-state index contributed by atoms with van der Waals surface area (Å²) in [5.74, 6) is 0.659. The molecule has 2 aromatic heterocycles. The van der Waals surface area contributed by atoms with E-state index in [1.54, 1.807) is 6.26 Å². The van der Waals surface area contributed by atoms with E-state index in [0.29, 0.717) is 11.6 Å². The van der Waals surface area contributed by atoms with E-state index in [-0.39, 0.29) is 12.3 Å². The lowest BCUT2D eigenvalue weighted by atomic mass is 10.2. The summed E-state index contributed by atoms with van der Waals surface area (Å²) in [5.41, 5.74) is 2.85. The van der Waals surface area contributed by atoms with Crippen LogP contribution in [0.3, 0.4) is 0 Å². The normalized spacial score (nSPS) is 15.0. The van der Waals surface area contributed by atoms with Crippen LogP contribution in [0.4, 0.5) is 0 Å². The van der Waals surface area contributed by atoms with Gasteiger partial charge in [0.15, 0.2) is 0 Å². The number of aromatic nitrogens is 2. The van der Waals surface area contributed by atoms with Gasteiger partial charge in [0.25, 0.3) is 0 Å². The Labute approximate surface area is 158 Å². The van der Waals surface area contributed by atoms with E-state index in [1.165, 1.54) is 5.56 Å². The van der Waals surface area contributed by atoms with E-state index >= 15 is 0 Å². The fraction of sp³-hybridized carbons (Fsp3) is 0.286. The summed E-state index contributed by atoms with van der Waals surface area (Å²) in [5, 5.41) is 0.